The normalized spacial score (nSPS) is 17.7. The van der Waals surface area contributed by atoms with E-state index in [0.29, 0.717) is 11.9 Å². The van der Waals surface area contributed by atoms with E-state index in [-0.39, 0.29) is 5.56 Å². The second kappa shape index (κ2) is 5.12. The zero-order valence-corrected chi connectivity index (χ0v) is 9.48. The fourth-order valence-corrected chi connectivity index (χ4v) is 2.04. The third kappa shape index (κ3) is 2.41. The molecule has 1 aromatic rings. The van der Waals surface area contributed by atoms with Gasteiger partial charge in [0.1, 0.15) is 0 Å². The zero-order valence-electron chi connectivity index (χ0n) is 9.48. The van der Waals surface area contributed by atoms with Crippen LogP contribution in [-0.4, -0.2) is 35.8 Å². The Hall–Kier alpha value is -1.36. The summed E-state index contributed by atoms with van der Waals surface area (Å²) >= 11 is 0. The van der Waals surface area contributed by atoms with Gasteiger partial charge in [-0.15, -0.1) is 0 Å². The maximum Gasteiger partial charge on any atom is 0.290 e. The molecule has 5 heteroatoms. The molecule has 0 saturated carbocycles. The molecule has 2 rings (SSSR count). The Morgan fingerprint density at radius 2 is 2.31 bits per heavy atom. The number of rotatable bonds is 3. The van der Waals surface area contributed by atoms with Gasteiger partial charge in [0.2, 0.25) is 0 Å². The Kier molecular flexibility index (Phi) is 3.56. The van der Waals surface area contributed by atoms with Gasteiger partial charge in [0.05, 0.1) is 6.10 Å². The molecule has 0 unspecified atom stereocenters. The minimum absolute atomic E-state index is 0.114. The highest BCUT2D eigenvalue weighted by Gasteiger charge is 2.21. The van der Waals surface area contributed by atoms with Crippen LogP contribution in [0.1, 0.15) is 19.8 Å². The van der Waals surface area contributed by atoms with E-state index in [1.54, 1.807) is 12.4 Å². The second-order valence-electron chi connectivity index (χ2n) is 3.88. The van der Waals surface area contributed by atoms with Crippen LogP contribution in [0.15, 0.2) is 17.2 Å². The number of ether oxygens (including phenoxy) is 1. The molecular formula is C11H17N3O2. The molecule has 1 aliphatic rings. The summed E-state index contributed by atoms with van der Waals surface area (Å²) in [5.74, 6) is 0.525. The molecule has 5 nitrogen and oxygen atoms in total. The van der Waals surface area contributed by atoms with Gasteiger partial charge in [-0.25, -0.2) is 4.98 Å². The summed E-state index contributed by atoms with van der Waals surface area (Å²) in [5, 5.41) is 0. The first-order valence-electron chi connectivity index (χ1n) is 5.71. The van der Waals surface area contributed by atoms with Gasteiger partial charge in [-0.05, 0) is 19.8 Å². The summed E-state index contributed by atoms with van der Waals surface area (Å²) in [7, 11) is 0. The van der Waals surface area contributed by atoms with E-state index < -0.39 is 0 Å². The van der Waals surface area contributed by atoms with E-state index in [1.807, 2.05) is 11.8 Å². The number of H-pyrrole nitrogens is 1. The van der Waals surface area contributed by atoms with E-state index in [0.717, 1.165) is 32.5 Å². The molecule has 2 heterocycles. The highest BCUT2D eigenvalue weighted by Crippen LogP contribution is 2.16. The molecule has 1 aromatic heterocycles. The first-order valence-corrected chi connectivity index (χ1v) is 5.71. The number of nitrogens with zero attached hydrogens (tertiary/aromatic N) is 2. The van der Waals surface area contributed by atoms with Crippen LogP contribution in [0, 0.1) is 0 Å². The van der Waals surface area contributed by atoms with Gasteiger partial charge in [-0.1, -0.05) is 0 Å². The molecule has 0 spiro atoms. The smallest absolute Gasteiger partial charge is 0.290 e. The van der Waals surface area contributed by atoms with Crippen molar-refractivity contribution >= 4 is 5.82 Å². The average Bonchev–Trinajstić information content (AvgIpc) is 2.31. The number of aromatic nitrogens is 2. The first kappa shape index (κ1) is 11.1. The van der Waals surface area contributed by atoms with E-state index in [4.69, 9.17) is 4.74 Å². The monoisotopic (exact) mass is 223 g/mol. The molecule has 0 radical (unpaired) electrons. The van der Waals surface area contributed by atoms with E-state index in [9.17, 15) is 4.79 Å². The topological polar surface area (TPSA) is 58.2 Å². The van der Waals surface area contributed by atoms with Crippen LogP contribution >= 0.6 is 0 Å². The van der Waals surface area contributed by atoms with Crippen molar-refractivity contribution in [1.82, 2.24) is 9.97 Å². The zero-order chi connectivity index (χ0) is 11.4. The van der Waals surface area contributed by atoms with Gasteiger partial charge in [0.25, 0.3) is 5.56 Å². The van der Waals surface area contributed by atoms with Crippen LogP contribution in [0.5, 0.6) is 0 Å². The van der Waals surface area contributed by atoms with Gasteiger partial charge in [0, 0.05) is 32.1 Å². The average molecular weight is 223 g/mol. The van der Waals surface area contributed by atoms with Crippen LogP contribution in [0.4, 0.5) is 5.82 Å². The van der Waals surface area contributed by atoms with Crippen LogP contribution < -0.4 is 10.5 Å². The van der Waals surface area contributed by atoms with Crippen molar-refractivity contribution in [2.45, 2.75) is 25.9 Å². The molecule has 16 heavy (non-hydrogen) atoms. The van der Waals surface area contributed by atoms with Crippen molar-refractivity contribution in [2.24, 2.45) is 0 Å². The van der Waals surface area contributed by atoms with Crippen molar-refractivity contribution in [1.29, 1.82) is 0 Å². The molecule has 0 aliphatic carbocycles. The van der Waals surface area contributed by atoms with Crippen molar-refractivity contribution in [3.8, 4) is 0 Å². The predicted octanol–water partition coefficient (Wildman–Crippen LogP) is 0.775. The number of anilines is 1. The van der Waals surface area contributed by atoms with Crippen LogP contribution in [0.2, 0.25) is 0 Å². The molecular weight excluding hydrogens is 206 g/mol. The third-order valence-corrected chi connectivity index (χ3v) is 2.83. The van der Waals surface area contributed by atoms with E-state index in [1.165, 1.54) is 0 Å². The highest BCUT2D eigenvalue weighted by atomic mass is 16.5. The standard InChI is InChI=1S/C11H17N3O2/c1-2-16-9-3-7-14(8-4-9)10-11(15)13-6-5-12-10/h5-6,9H,2-4,7-8H2,1H3,(H,13,15). The largest absolute Gasteiger partial charge is 0.378 e. The Morgan fingerprint density at radius 3 is 2.94 bits per heavy atom. The fraction of sp³-hybridized carbons (Fsp3) is 0.636. The summed E-state index contributed by atoms with van der Waals surface area (Å²) in [5.41, 5.74) is -0.114. The lowest BCUT2D eigenvalue weighted by atomic mass is 10.1. The van der Waals surface area contributed by atoms with Gasteiger partial charge in [0.15, 0.2) is 5.82 Å². The second-order valence-corrected chi connectivity index (χ2v) is 3.88. The number of aromatic amines is 1. The van der Waals surface area contributed by atoms with Crippen molar-refractivity contribution < 1.29 is 4.74 Å². The molecule has 1 saturated heterocycles. The predicted molar refractivity (Wildman–Crippen MR) is 61.7 cm³/mol. The SMILES string of the molecule is CCOC1CCN(c2ncc[nH]c2=O)CC1. The summed E-state index contributed by atoms with van der Waals surface area (Å²) < 4.78 is 5.56. The van der Waals surface area contributed by atoms with Crippen molar-refractivity contribution in [3.63, 3.8) is 0 Å². The van der Waals surface area contributed by atoms with Gasteiger partial charge in [-0.3, -0.25) is 4.79 Å². The molecule has 0 aromatic carbocycles. The maximum absolute atomic E-state index is 11.5. The van der Waals surface area contributed by atoms with Crippen LogP contribution in [0.3, 0.4) is 0 Å². The van der Waals surface area contributed by atoms with Crippen molar-refractivity contribution in [3.05, 3.63) is 22.7 Å². The van der Waals surface area contributed by atoms with E-state index in [2.05, 4.69) is 9.97 Å². The molecule has 0 atom stereocenters. The minimum Gasteiger partial charge on any atom is -0.378 e. The summed E-state index contributed by atoms with van der Waals surface area (Å²) in [6.07, 6.45) is 5.43. The minimum atomic E-state index is -0.114. The van der Waals surface area contributed by atoms with Crippen LogP contribution in [0.25, 0.3) is 0 Å². The molecule has 1 aliphatic heterocycles. The quantitative estimate of drug-likeness (QED) is 0.822. The first-order chi connectivity index (χ1) is 7.81. The lowest BCUT2D eigenvalue weighted by molar-refractivity contribution is 0.0458. The number of hydrogen-bond acceptors (Lipinski definition) is 4. The molecule has 1 fully saturated rings. The number of piperidine rings is 1. The van der Waals surface area contributed by atoms with Gasteiger partial charge in [-0.2, -0.15) is 0 Å². The summed E-state index contributed by atoms with van der Waals surface area (Å²) in [6.45, 7) is 4.44. The Balaban J connectivity index is 1.99. The van der Waals surface area contributed by atoms with E-state index >= 15 is 0 Å². The van der Waals surface area contributed by atoms with Crippen LogP contribution in [-0.2, 0) is 4.74 Å². The third-order valence-electron chi connectivity index (χ3n) is 2.83. The Labute approximate surface area is 94.5 Å². The van der Waals surface area contributed by atoms with Crippen molar-refractivity contribution in [2.75, 3.05) is 24.6 Å². The van der Waals surface area contributed by atoms with Gasteiger partial charge < -0.3 is 14.6 Å². The fourth-order valence-electron chi connectivity index (χ4n) is 2.04. The maximum atomic E-state index is 11.5. The Morgan fingerprint density at radius 1 is 1.56 bits per heavy atom. The lowest BCUT2D eigenvalue weighted by Gasteiger charge is -2.31. The highest BCUT2D eigenvalue weighted by molar-refractivity contribution is 5.35. The summed E-state index contributed by atoms with van der Waals surface area (Å²) in [6, 6.07) is 0. The molecule has 0 bridgehead atoms. The lowest BCUT2D eigenvalue weighted by Crippen LogP contribution is -2.40. The molecule has 1 N–H and O–H groups in total. The molecule has 0 amide bonds. The number of nitrogens with one attached hydrogen (secondary N) is 1. The Bertz CT molecular complexity index is 383. The van der Waals surface area contributed by atoms with Gasteiger partial charge >= 0.3 is 0 Å². The number of hydrogen-bond donors (Lipinski definition) is 1. The molecule has 88 valence electrons. The summed E-state index contributed by atoms with van der Waals surface area (Å²) in [4.78, 5) is 20.3.